The Morgan fingerprint density at radius 1 is 1.00 bits per heavy atom. The van der Waals surface area contributed by atoms with Crippen LogP contribution >= 0.6 is 23.2 Å². The third-order valence-corrected chi connectivity index (χ3v) is 6.96. The average molecular weight is 444 g/mol. The molecule has 6 nitrogen and oxygen atoms in total. The summed E-state index contributed by atoms with van der Waals surface area (Å²) in [7, 11) is 0. The molecule has 8 heteroatoms. The SMILES string of the molecule is O=C1NC(=O)C2(Cc3ccccc3N3CCCCC32)C(=O)N1c1cc(Cl)ccc1Cl. The van der Waals surface area contributed by atoms with Gasteiger partial charge in [-0.25, -0.2) is 9.69 Å². The predicted molar refractivity (Wildman–Crippen MR) is 115 cm³/mol. The van der Waals surface area contributed by atoms with Gasteiger partial charge in [-0.15, -0.1) is 0 Å². The molecule has 3 aliphatic heterocycles. The van der Waals surface area contributed by atoms with Gasteiger partial charge in [0.1, 0.15) is 0 Å². The van der Waals surface area contributed by atoms with E-state index in [4.69, 9.17) is 23.2 Å². The summed E-state index contributed by atoms with van der Waals surface area (Å²) in [5.74, 6) is -1.09. The van der Waals surface area contributed by atoms with Crippen molar-refractivity contribution in [1.82, 2.24) is 5.32 Å². The van der Waals surface area contributed by atoms with Crippen LogP contribution in [0.5, 0.6) is 0 Å². The maximum Gasteiger partial charge on any atom is 0.335 e. The van der Waals surface area contributed by atoms with Crippen molar-refractivity contribution in [3.8, 4) is 0 Å². The van der Waals surface area contributed by atoms with Crippen LogP contribution in [-0.2, 0) is 16.0 Å². The zero-order chi connectivity index (χ0) is 21.0. The summed E-state index contributed by atoms with van der Waals surface area (Å²) in [6.07, 6.45) is 2.83. The molecule has 0 aliphatic carbocycles. The van der Waals surface area contributed by atoms with E-state index in [1.807, 2.05) is 24.3 Å². The van der Waals surface area contributed by atoms with Gasteiger partial charge in [-0.3, -0.25) is 14.9 Å². The molecule has 30 heavy (non-hydrogen) atoms. The molecule has 1 N–H and O–H groups in total. The number of anilines is 2. The second-order valence-electron chi connectivity index (χ2n) is 7.98. The van der Waals surface area contributed by atoms with Crippen molar-refractivity contribution in [3.63, 3.8) is 0 Å². The fourth-order valence-electron chi connectivity index (χ4n) is 5.07. The number of nitrogens with zero attached hydrogens (tertiary/aromatic N) is 2. The fraction of sp³-hybridized carbons (Fsp3) is 0.318. The summed E-state index contributed by atoms with van der Waals surface area (Å²) in [4.78, 5) is 43.2. The molecule has 2 aromatic carbocycles. The van der Waals surface area contributed by atoms with Crippen molar-refractivity contribution in [3.05, 3.63) is 58.1 Å². The molecule has 2 fully saturated rings. The third-order valence-electron chi connectivity index (χ3n) is 6.40. The fourth-order valence-corrected chi connectivity index (χ4v) is 5.44. The van der Waals surface area contributed by atoms with E-state index in [2.05, 4.69) is 10.2 Å². The summed E-state index contributed by atoms with van der Waals surface area (Å²) in [5, 5.41) is 2.98. The molecule has 2 unspecified atom stereocenters. The number of nitrogens with one attached hydrogen (secondary N) is 1. The Morgan fingerprint density at radius 3 is 2.63 bits per heavy atom. The number of rotatable bonds is 1. The third kappa shape index (κ3) is 2.67. The monoisotopic (exact) mass is 443 g/mol. The molecule has 3 heterocycles. The Hall–Kier alpha value is -2.57. The molecule has 0 saturated carbocycles. The summed E-state index contributed by atoms with van der Waals surface area (Å²) in [6.45, 7) is 0.760. The van der Waals surface area contributed by atoms with E-state index in [0.29, 0.717) is 11.4 Å². The smallest absolute Gasteiger partial charge is 0.335 e. The first-order chi connectivity index (χ1) is 14.4. The van der Waals surface area contributed by atoms with Gasteiger partial charge in [0, 0.05) is 17.3 Å². The molecule has 1 spiro atoms. The van der Waals surface area contributed by atoms with Gasteiger partial charge >= 0.3 is 6.03 Å². The van der Waals surface area contributed by atoms with Crippen LogP contribution in [-0.4, -0.2) is 30.4 Å². The number of fused-ring (bicyclic) bond motifs is 4. The minimum atomic E-state index is -1.41. The number of urea groups is 1. The predicted octanol–water partition coefficient (Wildman–Crippen LogP) is 4.18. The lowest BCUT2D eigenvalue weighted by molar-refractivity contribution is -0.145. The molecular formula is C22H19Cl2N3O3. The molecule has 0 radical (unpaired) electrons. The van der Waals surface area contributed by atoms with Gasteiger partial charge in [0.2, 0.25) is 5.91 Å². The second-order valence-corrected chi connectivity index (χ2v) is 8.82. The van der Waals surface area contributed by atoms with E-state index in [0.717, 1.165) is 35.5 Å². The van der Waals surface area contributed by atoms with Crippen molar-refractivity contribution in [2.24, 2.45) is 5.41 Å². The lowest BCUT2D eigenvalue weighted by Gasteiger charge is -2.53. The van der Waals surface area contributed by atoms with E-state index < -0.39 is 23.3 Å². The number of imide groups is 2. The molecule has 2 atom stereocenters. The van der Waals surface area contributed by atoms with Crippen LogP contribution in [0.1, 0.15) is 24.8 Å². The Balaban J connectivity index is 1.68. The van der Waals surface area contributed by atoms with Crippen LogP contribution < -0.4 is 15.1 Å². The van der Waals surface area contributed by atoms with Crippen molar-refractivity contribution in [2.45, 2.75) is 31.7 Å². The van der Waals surface area contributed by atoms with Crippen LogP contribution in [0, 0.1) is 5.41 Å². The van der Waals surface area contributed by atoms with Crippen LogP contribution in [0.25, 0.3) is 0 Å². The second kappa shape index (κ2) is 7.00. The van der Waals surface area contributed by atoms with E-state index in [1.54, 1.807) is 6.07 Å². The Kier molecular flexibility index (Phi) is 4.52. The minimum absolute atomic E-state index is 0.180. The number of hydrogen-bond acceptors (Lipinski definition) is 4. The number of benzene rings is 2. The zero-order valence-corrected chi connectivity index (χ0v) is 17.5. The van der Waals surface area contributed by atoms with Crippen LogP contribution in [0.2, 0.25) is 10.0 Å². The van der Waals surface area contributed by atoms with Crippen molar-refractivity contribution >= 4 is 52.4 Å². The first-order valence-electron chi connectivity index (χ1n) is 9.93. The maximum absolute atomic E-state index is 14.0. The molecule has 2 saturated heterocycles. The van der Waals surface area contributed by atoms with Gasteiger partial charge < -0.3 is 4.90 Å². The van der Waals surface area contributed by atoms with Crippen molar-refractivity contribution < 1.29 is 14.4 Å². The van der Waals surface area contributed by atoms with Gasteiger partial charge in [0.05, 0.1) is 16.8 Å². The molecule has 4 amide bonds. The van der Waals surface area contributed by atoms with E-state index in [1.165, 1.54) is 12.1 Å². The number of carbonyl (C=O) groups is 3. The van der Waals surface area contributed by atoms with Gasteiger partial charge in [0.15, 0.2) is 5.41 Å². The molecule has 0 aromatic heterocycles. The summed E-state index contributed by atoms with van der Waals surface area (Å²) < 4.78 is 0. The van der Waals surface area contributed by atoms with Gasteiger partial charge in [-0.1, -0.05) is 41.4 Å². The summed E-state index contributed by atoms with van der Waals surface area (Å²) in [5.41, 5.74) is 0.747. The number of amides is 4. The lowest BCUT2D eigenvalue weighted by atomic mass is 9.66. The number of hydrogen-bond donors (Lipinski definition) is 1. The van der Waals surface area contributed by atoms with E-state index in [9.17, 15) is 14.4 Å². The number of carbonyl (C=O) groups excluding carboxylic acids is 3. The molecule has 0 bridgehead atoms. The Morgan fingerprint density at radius 2 is 1.80 bits per heavy atom. The Bertz CT molecular complexity index is 1090. The average Bonchev–Trinajstić information content (AvgIpc) is 2.74. The van der Waals surface area contributed by atoms with Crippen LogP contribution in [0.15, 0.2) is 42.5 Å². The molecule has 154 valence electrons. The van der Waals surface area contributed by atoms with Crippen LogP contribution in [0.4, 0.5) is 16.2 Å². The van der Waals surface area contributed by atoms with E-state index >= 15 is 0 Å². The zero-order valence-electron chi connectivity index (χ0n) is 16.0. The van der Waals surface area contributed by atoms with E-state index in [-0.39, 0.29) is 23.2 Å². The number of para-hydroxylation sites is 1. The van der Waals surface area contributed by atoms with Crippen molar-refractivity contribution in [2.75, 3.05) is 16.3 Å². The molecule has 5 rings (SSSR count). The largest absolute Gasteiger partial charge is 0.367 e. The Labute approximate surface area is 183 Å². The highest BCUT2D eigenvalue weighted by atomic mass is 35.5. The molecule has 2 aromatic rings. The first-order valence-corrected chi connectivity index (χ1v) is 10.7. The normalized spacial score (nSPS) is 25.8. The highest BCUT2D eigenvalue weighted by molar-refractivity contribution is 6.39. The van der Waals surface area contributed by atoms with Gasteiger partial charge in [-0.05, 0) is 55.5 Å². The quantitative estimate of drug-likeness (QED) is 0.671. The van der Waals surface area contributed by atoms with Crippen molar-refractivity contribution in [1.29, 1.82) is 0 Å². The number of piperidine rings is 1. The maximum atomic E-state index is 14.0. The highest BCUT2D eigenvalue weighted by Crippen LogP contribution is 2.48. The summed E-state index contributed by atoms with van der Waals surface area (Å²) in [6, 6.07) is 11.3. The molecular weight excluding hydrogens is 425 g/mol. The number of halogens is 2. The lowest BCUT2D eigenvalue weighted by Crippen LogP contribution is -2.73. The standard InChI is InChI=1S/C22H19Cl2N3O3/c23-14-8-9-15(24)17(11-14)27-20(29)22(19(28)25-21(27)30)12-13-5-1-2-6-16(13)26-10-4-3-7-18(22)26/h1-2,5-6,8-9,11,18H,3-4,7,10,12H2,(H,25,28,30). The van der Waals surface area contributed by atoms with Gasteiger partial charge in [0.25, 0.3) is 5.91 Å². The van der Waals surface area contributed by atoms with Gasteiger partial charge in [-0.2, -0.15) is 0 Å². The highest BCUT2D eigenvalue weighted by Gasteiger charge is 2.62. The number of barbiturate groups is 1. The minimum Gasteiger partial charge on any atom is -0.367 e. The first kappa shape index (κ1) is 19.4. The topological polar surface area (TPSA) is 69.7 Å². The van der Waals surface area contributed by atoms with Crippen LogP contribution in [0.3, 0.4) is 0 Å². The summed E-state index contributed by atoms with van der Waals surface area (Å²) >= 11 is 12.4. The molecule has 3 aliphatic rings.